The maximum atomic E-state index is 12.4. The molecule has 0 bridgehead atoms. The van der Waals surface area contributed by atoms with E-state index in [1.165, 1.54) is 0 Å². The Morgan fingerprint density at radius 3 is 2.33 bits per heavy atom. The third-order valence-electron chi connectivity index (χ3n) is 5.02. The Balaban J connectivity index is 0.00000261. The molecule has 5 heteroatoms. The van der Waals surface area contributed by atoms with E-state index in [9.17, 15) is 9.59 Å². The van der Waals surface area contributed by atoms with Gasteiger partial charge in [-0.15, -0.1) is 12.4 Å². The van der Waals surface area contributed by atoms with Crippen molar-refractivity contribution in [2.24, 2.45) is 5.92 Å². The lowest BCUT2D eigenvalue weighted by Gasteiger charge is -2.30. The van der Waals surface area contributed by atoms with Crippen LogP contribution in [0.1, 0.15) is 36.5 Å². The lowest BCUT2D eigenvalue weighted by Crippen LogP contribution is -2.48. The van der Waals surface area contributed by atoms with Gasteiger partial charge >= 0.3 is 0 Å². The molecule has 0 aliphatic carbocycles. The highest BCUT2D eigenvalue weighted by Crippen LogP contribution is 2.20. The molecular formula is C22H27ClN2O2. The fourth-order valence-corrected chi connectivity index (χ4v) is 3.36. The van der Waals surface area contributed by atoms with Crippen LogP contribution in [0.5, 0.6) is 0 Å². The zero-order valence-corrected chi connectivity index (χ0v) is 16.4. The number of carbonyl (C=O) groups excluding carboxylic acids is 2. The molecule has 1 aliphatic heterocycles. The van der Waals surface area contributed by atoms with E-state index in [0.29, 0.717) is 11.5 Å². The quantitative estimate of drug-likeness (QED) is 0.741. The first-order valence-electron chi connectivity index (χ1n) is 9.32. The molecule has 1 amide bonds. The second-order valence-corrected chi connectivity index (χ2v) is 7.01. The Bertz CT molecular complexity index is 747. The Kier molecular flexibility index (Phi) is 8.01. The van der Waals surface area contributed by atoms with E-state index in [0.717, 1.165) is 30.6 Å². The number of ketones is 1. The van der Waals surface area contributed by atoms with Crippen molar-refractivity contribution in [1.29, 1.82) is 0 Å². The summed E-state index contributed by atoms with van der Waals surface area (Å²) in [6.07, 6.45) is 1.44. The summed E-state index contributed by atoms with van der Waals surface area (Å²) in [5, 5.41) is 6.40. The third kappa shape index (κ3) is 5.91. The van der Waals surface area contributed by atoms with E-state index in [-0.39, 0.29) is 43.0 Å². The molecule has 2 aromatic rings. The molecule has 4 nitrogen and oxygen atoms in total. The molecule has 2 N–H and O–H groups in total. The fourth-order valence-electron chi connectivity index (χ4n) is 3.36. The van der Waals surface area contributed by atoms with Crippen LogP contribution in [0.4, 0.5) is 0 Å². The highest BCUT2D eigenvalue weighted by atomic mass is 35.5. The van der Waals surface area contributed by atoms with Gasteiger partial charge in [-0.2, -0.15) is 0 Å². The molecule has 0 saturated carbocycles. The molecule has 2 atom stereocenters. The number of amides is 1. The molecule has 1 heterocycles. The molecule has 3 rings (SSSR count). The highest BCUT2D eigenvalue weighted by molar-refractivity contribution is 5.98. The third-order valence-corrected chi connectivity index (χ3v) is 5.02. The van der Waals surface area contributed by atoms with Crippen LogP contribution in [0.25, 0.3) is 11.1 Å². The first-order chi connectivity index (χ1) is 12.6. The van der Waals surface area contributed by atoms with Crippen LogP contribution in [-0.4, -0.2) is 30.8 Å². The minimum atomic E-state index is -0.0296. The lowest BCUT2D eigenvalue weighted by molar-refractivity contribution is -0.122. The number of halogens is 1. The molecule has 0 radical (unpaired) electrons. The summed E-state index contributed by atoms with van der Waals surface area (Å²) < 4.78 is 0. The number of piperidine rings is 1. The van der Waals surface area contributed by atoms with Gasteiger partial charge in [0.1, 0.15) is 0 Å². The van der Waals surface area contributed by atoms with Gasteiger partial charge in [0.25, 0.3) is 0 Å². The van der Waals surface area contributed by atoms with Crippen LogP contribution in [0.3, 0.4) is 0 Å². The smallest absolute Gasteiger partial charge is 0.220 e. The predicted octanol–water partition coefficient (Wildman–Crippen LogP) is 3.85. The molecule has 1 saturated heterocycles. The molecule has 1 fully saturated rings. The average Bonchev–Trinajstić information content (AvgIpc) is 2.69. The number of benzene rings is 2. The van der Waals surface area contributed by atoms with E-state index in [2.05, 4.69) is 17.6 Å². The largest absolute Gasteiger partial charge is 0.353 e. The van der Waals surface area contributed by atoms with Crippen molar-refractivity contribution in [1.82, 2.24) is 10.6 Å². The molecule has 144 valence electrons. The zero-order valence-electron chi connectivity index (χ0n) is 15.6. The predicted molar refractivity (Wildman–Crippen MR) is 111 cm³/mol. The highest BCUT2D eigenvalue weighted by Gasteiger charge is 2.22. The topological polar surface area (TPSA) is 58.2 Å². The number of rotatable bonds is 6. The fraction of sp³-hybridized carbons (Fsp3) is 0.364. The average molecular weight is 387 g/mol. The molecule has 2 unspecified atom stereocenters. The Morgan fingerprint density at radius 2 is 1.67 bits per heavy atom. The summed E-state index contributed by atoms with van der Waals surface area (Å²) in [6, 6.07) is 17.9. The normalized spacial score (nSPS) is 19.0. The van der Waals surface area contributed by atoms with Gasteiger partial charge in [-0.1, -0.05) is 61.5 Å². The van der Waals surface area contributed by atoms with Crippen LogP contribution in [0.15, 0.2) is 54.6 Å². The monoisotopic (exact) mass is 386 g/mol. The van der Waals surface area contributed by atoms with Gasteiger partial charge < -0.3 is 10.6 Å². The van der Waals surface area contributed by atoms with E-state index >= 15 is 0 Å². The van der Waals surface area contributed by atoms with Gasteiger partial charge in [-0.3, -0.25) is 9.59 Å². The van der Waals surface area contributed by atoms with Gasteiger partial charge in [-0.25, -0.2) is 0 Å². The van der Waals surface area contributed by atoms with Crippen LogP contribution >= 0.6 is 12.4 Å². The summed E-state index contributed by atoms with van der Waals surface area (Å²) in [5.74, 6) is 0.407. The number of Topliss-reactive ketones (excluding diaryl/α,β-unsaturated/α-hetero) is 1. The van der Waals surface area contributed by atoms with Crippen molar-refractivity contribution in [3.63, 3.8) is 0 Å². The SMILES string of the molecule is CC1CNCCC1NC(=O)CCC(=O)c1ccc(-c2ccccc2)cc1.Cl. The van der Waals surface area contributed by atoms with E-state index < -0.39 is 0 Å². The lowest BCUT2D eigenvalue weighted by atomic mass is 9.95. The second kappa shape index (κ2) is 10.2. The number of nitrogens with one attached hydrogen (secondary N) is 2. The molecule has 0 spiro atoms. The number of carbonyl (C=O) groups is 2. The Morgan fingerprint density at radius 1 is 1.00 bits per heavy atom. The van der Waals surface area contributed by atoms with Crippen molar-refractivity contribution < 1.29 is 9.59 Å². The van der Waals surface area contributed by atoms with Crippen molar-refractivity contribution in [2.45, 2.75) is 32.2 Å². The van der Waals surface area contributed by atoms with Gasteiger partial charge in [0.15, 0.2) is 5.78 Å². The van der Waals surface area contributed by atoms with E-state index in [1.807, 2.05) is 54.6 Å². The van der Waals surface area contributed by atoms with Gasteiger partial charge in [-0.05, 0) is 36.6 Å². The van der Waals surface area contributed by atoms with Crippen LogP contribution in [0.2, 0.25) is 0 Å². The first kappa shape index (κ1) is 21.1. The van der Waals surface area contributed by atoms with E-state index in [4.69, 9.17) is 0 Å². The molecule has 27 heavy (non-hydrogen) atoms. The molecule has 1 aliphatic rings. The minimum absolute atomic E-state index is 0. The summed E-state index contributed by atoms with van der Waals surface area (Å²) in [4.78, 5) is 24.5. The number of hydrogen-bond acceptors (Lipinski definition) is 3. The summed E-state index contributed by atoms with van der Waals surface area (Å²) in [5.41, 5.74) is 2.87. The van der Waals surface area contributed by atoms with Crippen molar-refractivity contribution in [3.05, 3.63) is 60.2 Å². The maximum absolute atomic E-state index is 12.4. The number of hydrogen-bond donors (Lipinski definition) is 2. The van der Waals surface area contributed by atoms with Gasteiger partial charge in [0, 0.05) is 24.4 Å². The Hall–Kier alpha value is -2.17. The summed E-state index contributed by atoms with van der Waals surface area (Å²) in [7, 11) is 0. The van der Waals surface area contributed by atoms with E-state index in [1.54, 1.807) is 0 Å². The summed E-state index contributed by atoms with van der Waals surface area (Å²) >= 11 is 0. The van der Waals surface area contributed by atoms with Crippen LogP contribution in [-0.2, 0) is 4.79 Å². The van der Waals surface area contributed by atoms with Crippen LogP contribution < -0.4 is 10.6 Å². The Labute approximate surface area is 167 Å². The second-order valence-electron chi connectivity index (χ2n) is 7.01. The van der Waals surface area contributed by atoms with Crippen molar-refractivity contribution in [3.8, 4) is 11.1 Å². The van der Waals surface area contributed by atoms with Gasteiger partial charge in [0.05, 0.1) is 0 Å². The molecule has 0 aromatic heterocycles. The van der Waals surface area contributed by atoms with Crippen LogP contribution in [0, 0.1) is 5.92 Å². The minimum Gasteiger partial charge on any atom is -0.353 e. The van der Waals surface area contributed by atoms with Gasteiger partial charge in [0.2, 0.25) is 5.91 Å². The van der Waals surface area contributed by atoms with Crippen molar-refractivity contribution in [2.75, 3.05) is 13.1 Å². The van der Waals surface area contributed by atoms with Crippen molar-refractivity contribution >= 4 is 24.1 Å². The molecular weight excluding hydrogens is 360 g/mol. The first-order valence-corrected chi connectivity index (χ1v) is 9.32. The maximum Gasteiger partial charge on any atom is 0.220 e. The molecule has 2 aromatic carbocycles. The standard InChI is InChI=1S/C22H26N2O2.ClH/c1-16-15-23-14-13-20(16)24-22(26)12-11-21(25)19-9-7-18(8-10-19)17-5-3-2-4-6-17;/h2-10,16,20,23H,11-15H2,1H3,(H,24,26);1H. The summed E-state index contributed by atoms with van der Waals surface area (Å²) in [6.45, 7) is 4.00. The zero-order chi connectivity index (χ0) is 18.4.